The highest BCUT2D eigenvalue weighted by Crippen LogP contribution is 2.08. The summed E-state index contributed by atoms with van der Waals surface area (Å²) in [5.74, 6) is 0.343. The van der Waals surface area contributed by atoms with Crippen LogP contribution in [0.5, 0.6) is 0 Å². The third kappa shape index (κ3) is 2.16. The molecule has 1 aromatic heterocycles. The minimum Gasteiger partial charge on any atom is -0.382 e. The average Bonchev–Trinajstić information content (AvgIpc) is 2.75. The van der Waals surface area contributed by atoms with Crippen LogP contribution in [0.2, 0.25) is 0 Å². The van der Waals surface area contributed by atoms with Crippen molar-refractivity contribution in [2.75, 3.05) is 38.5 Å². The van der Waals surface area contributed by atoms with Gasteiger partial charge < -0.3 is 15.5 Å². The molecule has 1 fully saturated rings. The van der Waals surface area contributed by atoms with Crippen molar-refractivity contribution in [3.63, 3.8) is 0 Å². The minimum atomic E-state index is -0.0139. The Kier molecular flexibility index (Phi) is 3.09. The first kappa shape index (κ1) is 10.9. The lowest BCUT2D eigenvalue weighted by Gasteiger charge is -2.33. The molecule has 0 bridgehead atoms. The molecule has 0 saturated carbocycles. The lowest BCUT2D eigenvalue weighted by molar-refractivity contribution is 0.0637. The van der Waals surface area contributed by atoms with Crippen LogP contribution in [0.4, 0.5) is 5.82 Å². The number of hydrogen-bond donors (Lipinski definition) is 2. The molecule has 2 heterocycles. The van der Waals surface area contributed by atoms with Crippen molar-refractivity contribution in [1.82, 2.24) is 20.0 Å². The molecule has 0 radical (unpaired) electrons. The van der Waals surface area contributed by atoms with E-state index in [9.17, 15) is 4.79 Å². The normalized spacial score (nSPS) is 17.7. The van der Waals surface area contributed by atoms with Gasteiger partial charge in [0.1, 0.15) is 11.5 Å². The Balaban J connectivity index is 1.96. The van der Waals surface area contributed by atoms with E-state index in [2.05, 4.69) is 22.0 Å². The van der Waals surface area contributed by atoms with E-state index in [1.807, 2.05) is 4.90 Å². The van der Waals surface area contributed by atoms with E-state index in [1.165, 1.54) is 0 Å². The fraction of sp³-hybridized carbons (Fsp3) is 0.600. The molecule has 0 aromatic carbocycles. The van der Waals surface area contributed by atoms with Crippen molar-refractivity contribution < 1.29 is 4.79 Å². The first-order valence-corrected chi connectivity index (χ1v) is 5.53. The van der Waals surface area contributed by atoms with Crippen LogP contribution < -0.4 is 5.73 Å². The quantitative estimate of drug-likeness (QED) is 0.726. The monoisotopic (exact) mass is 223 g/mol. The number of amides is 1. The summed E-state index contributed by atoms with van der Waals surface area (Å²) < 4.78 is 0. The van der Waals surface area contributed by atoms with E-state index >= 15 is 0 Å². The third-order valence-corrected chi connectivity index (χ3v) is 2.93. The van der Waals surface area contributed by atoms with Crippen molar-refractivity contribution in [2.45, 2.75) is 6.92 Å². The summed E-state index contributed by atoms with van der Waals surface area (Å²) in [6, 6.07) is 1.58. The maximum absolute atomic E-state index is 12.0. The van der Waals surface area contributed by atoms with Crippen LogP contribution in [-0.2, 0) is 0 Å². The molecule has 1 aliphatic heterocycles. The Morgan fingerprint density at radius 3 is 2.69 bits per heavy atom. The highest BCUT2D eigenvalue weighted by molar-refractivity contribution is 5.93. The van der Waals surface area contributed by atoms with E-state index in [0.29, 0.717) is 11.5 Å². The number of H-pyrrole nitrogens is 1. The van der Waals surface area contributed by atoms with Gasteiger partial charge in [0, 0.05) is 32.2 Å². The molecule has 6 nitrogen and oxygen atoms in total. The van der Waals surface area contributed by atoms with Crippen molar-refractivity contribution in [3.05, 3.63) is 11.8 Å². The number of nitrogen functional groups attached to an aromatic ring is 1. The molecule has 6 heteroatoms. The second kappa shape index (κ2) is 4.52. The predicted molar refractivity (Wildman–Crippen MR) is 61.0 cm³/mol. The molecule has 88 valence electrons. The minimum absolute atomic E-state index is 0.0139. The molecule has 0 aliphatic carbocycles. The summed E-state index contributed by atoms with van der Waals surface area (Å²) in [7, 11) is 0. The van der Waals surface area contributed by atoms with Gasteiger partial charge in [0.25, 0.3) is 5.91 Å². The van der Waals surface area contributed by atoms with E-state index in [0.717, 1.165) is 32.7 Å². The molecule has 2 rings (SSSR count). The molecule has 1 aliphatic rings. The van der Waals surface area contributed by atoms with E-state index in [-0.39, 0.29) is 5.91 Å². The number of aromatic amines is 1. The number of aromatic nitrogens is 2. The zero-order valence-electron chi connectivity index (χ0n) is 9.44. The lowest BCUT2D eigenvalue weighted by atomic mass is 10.3. The molecule has 1 aromatic rings. The summed E-state index contributed by atoms with van der Waals surface area (Å²) in [5.41, 5.74) is 5.94. The molecular formula is C10H17N5O. The Bertz CT molecular complexity index is 367. The Morgan fingerprint density at radius 1 is 1.50 bits per heavy atom. The second-order valence-electron chi connectivity index (χ2n) is 3.93. The van der Waals surface area contributed by atoms with Gasteiger partial charge in [-0.05, 0) is 6.54 Å². The predicted octanol–water partition coefficient (Wildman–Crippen LogP) is -0.230. The van der Waals surface area contributed by atoms with Crippen LogP contribution in [0.1, 0.15) is 17.4 Å². The van der Waals surface area contributed by atoms with Gasteiger partial charge in [-0.3, -0.25) is 9.89 Å². The number of hydrogen-bond acceptors (Lipinski definition) is 4. The second-order valence-corrected chi connectivity index (χ2v) is 3.93. The number of anilines is 1. The number of nitrogens with one attached hydrogen (secondary N) is 1. The molecule has 3 N–H and O–H groups in total. The van der Waals surface area contributed by atoms with Gasteiger partial charge in [-0.15, -0.1) is 0 Å². The van der Waals surface area contributed by atoms with Crippen molar-refractivity contribution in [3.8, 4) is 0 Å². The maximum Gasteiger partial charge on any atom is 0.272 e. The number of likely N-dealkylation sites (N-methyl/N-ethyl adjacent to an activating group) is 1. The number of nitrogens with zero attached hydrogens (tertiary/aromatic N) is 3. The van der Waals surface area contributed by atoms with Gasteiger partial charge in [0.2, 0.25) is 0 Å². The van der Waals surface area contributed by atoms with Gasteiger partial charge in [-0.25, -0.2) is 0 Å². The van der Waals surface area contributed by atoms with Gasteiger partial charge in [-0.2, -0.15) is 5.10 Å². The van der Waals surface area contributed by atoms with Crippen LogP contribution in [0.15, 0.2) is 6.07 Å². The Labute approximate surface area is 94.4 Å². The summed E-state index contributed by atoms with van der Waals surface area (Å²) in [6.45, 7) is 6.58. The highest BCUT2D eigenvalue weighted by Gasteiger charge is 2.22. The summed E-state index contributed by atoms with van der Waals surface area (Å²) in [6.07, 6.45) is 0. The van der Waals surface area contributed by atoms with E-state index < -0.39 is 0 Å². The molecule has 0 unspecified atom stereocenters. The van der Waals surface area contributed by atoms with Crippen molar-refractivity contribution in [2.24, 2.45) is 0 Å². The van der Waals surface area contributed by atoms with Crippen molar-refractivity contribution in [1.29, 1.82) is 0 Å². The first-order chi connectivity index (χ1) is 7.70. The number of carbonyl (C=O) groups excluding carboxylic acids is 1. The zero-order valence-corrected chi connectivity index (χ0v) is 9.44. The topological polar surface area (TPSA) is 78.2 Å². The standard InChI is InChI=1S/C10H17N5O/c1-2-14-3-5-15(6-4-14)10(16)8-7-9(11)13-12-8/h7H,2-6H2,1H3,(H3,11,12,13). The summed E-state index contributed by atoms with van der Waals surface area (Å²) in [4.78, 5) is 16.1. The molecule has 1 amide bonds. The van der Waals surface area contributed by atoms with E-state index in [1.54, 1.807) is 6.07 Å². The van der Waals surface area contributed by atoms with Crippen LogP contribution in [0, 0.1) is 0 Å². The summed E-state index contributed by atoms with van der Waals surface area (Å²) >= 11 is 0. The number of nitrogens with two attached hydrogens (primary N) is 1. The highest BCUT2D eigenvalue weighted by atomic mass is 16.2. The number of rotatable bonds is 2. The number of carbonyl (C=O) groups is 1. The fourth-order valence-electron chi connectivity index (χ4n) is 1.88. The van der Waals surface area contributed by atoms with Crippen LogP contribution >= 0.6 is 0 Å². The van der Waals surface area contributed by atoms with Gasteiger partial charge in [0.15, 0.2) is 0 Å². The van der Waals surface area contributed by atoms with Gasteiger partial charge >= 0.3 is 0 Å². The van der Waals surface area contributed by atoms with Gasteiger partial charge in [-0.1, -0.05) is 6.92 Å². The third-order valence-electron chi connectivity index (χ3n) is 2.93. The summed E-state index contributed by atoms with van der Waals surface area (Å²) in [5, 5.41) is 6.41. The molecule has 0 atom stereocenters. The zero-order chi connectivity index (χ0) is 11.5. The molecule has 0 spiro atoms. The SMILES string of the molecule is CCN1CCN(C(=O)c2cc(N)n[nH]2)CC1. The Hall–Kier alpha value is -1.56. The number of piperazine rings is 1. The van der Waals surface area contributed by atoms with E-state index in [4.69, 9.17) is 5.73 Å². The first-order valence-electron chi connectivity index (χ1n) is 5.53. The Morgan fingerprint density at radius 2 is 2.19 bits per heavy atom. The smallest absolute Gasteiger partial charge is 0.272 e. The van der Waals surface area contributed by atoms with Crippen LogP contribution in [0.25, 0.3) is 0 Å². The van der Waals surface area contributed by atoms with Crippen LogP contribution in [0.3, 0.4) is 0 Å². The molecular weight excluding hydrogens is 206 g/mol. The average molecular weight is 223 g/mol. The molecule has 1 saturated heterocycles. The molecule has 16 heavy (non-hydrogen) atoms. The maximum atomic E-state index is 12.0. The largest absolute Gasteiger partial charge is 0.382 e. The van der Waals surface area contributed by atoms with Crippen molar-refractivity contribution >= 4 is 11.7 Å². The fourth-order valence-corrected chi connectivity index (χ4v) is 1.88. The lowest BCUT2D eigenvalue weighted by Crippen LogP contribution is -2.48. The van der Waals surface area contributed by atoms with Crippen LogP contribution in [-0.4, -0.2) is 58.6 Å². The van der Waals surface area contributed by atoms with Gasteiger partial charge in [0.05, 0.1) is 0 Å².